The average molecular weight is 666 g/mol. The minimum absolute atomic E-state index is 0.0506. The van der Waals surface area contributed by atoms with Crippen molar-refractivity contribution in [3.05, 3.63) is 88.6 Å². The number of esters is 1. The summed E-state index contributed by atoms with van der Waals surface area (Å²) in [6.07, 6.45) is -4.41. The number of halogens is 3. The molecule has 0 aliphatic carbocycles. The van der Waals surface area contributed by atoms with Gasteiger partial charge in [0.15, 0.2) is 0 Å². The molecule has 0 radical (unpaired) electrons. The van der Waals surface area contributed by atoms with Crippen molar-refractivity contribution in [3.63, 3.8) is 0 Å². The van der Waals surface area contributed by atoms with Crippen molar-refractivity contribution in [2.24, 2.45) is 0 Å². The first-order valence-electron chi connectivity index (χ1n) is 14.6. The number of hydrogen-bond donors (Lipinski definition) is 4. The molecule has 15 heteroatoms. The summed E-state index contributed by atoms with van der Waals surface area (Å²) in [5, 5.41) is 16.8. The Hall–Kier alpha value is -5.86. The molecule has 12 nitrogen and oxygen atoms in total. The Labute approximate surface area is 271 Å². The average Bonchev–Trinajstić information content (AvgIpc) is 2.99. The van der Waals surface area contributed by atoms with Crippen LogP contribution < -0.4 is 21.1 Å². The molecule has 0 saturated heterocycles. The van der Waals surface area contributed by atoms with Crippen molar-refractivity contribution in [1.82, 2.24) is 9.88 Å². The van der Waals surface area contributed by atoms with E-state index in [1.54, 1.807) is 42.6 Å². The van der Waals surface area contributed by atoms with Gasteiger partial charge in [-0.15, -0.1) is 0 Å². The summed E-state index contributed by atoms with van der Waals surface area (Å²) < 4.78 is 48.9. The first-order valence-corrected chi connectivity index (χ1v) is 14.6. The van der Waals surface area contributed by atoms with E-state index in [1.165, 1.54) is 6.07 Å². The molecular formula is C33H30F3N5O7. The SMILES string of the molecule is Cc1cc2cc(C)c1CCOC(=O)Nc1cc(cc(OC(=O)C(F)(F)F)c1)CN(CC(=O)O)C(=O)C2Nc1ccc2c(N)nccc2c1. The highest BCUT2D eigenvalue weighted by Crippen LogP contribution is 2.31. The van der Waals surface area contributed by atoms with Gasteiger partial charge in [0.05, 0.1) is 6.61 Å². The zero-order chi connectivity index (χ0) is 34.7. The lowest BCUT2D eigenvalue weighted by Gasteiger charge is -2.29. The van der Waals surface area contributed by atoms with Crippen LogP contribution in [0, 0.1) is 13.8 Å². The number of carboxylic acids is 1. The van der Waals surface area contributed by atoms with Gasteiger partial charge in [0.25, 0.3) is 5.91 Å². The Bertz CT molecular complexity index is 1910. The summed E-state index contributed by atoms with van der Waals surface area (Å²) in [5.41, 5.74) is 9.39. The van der Waals surface area contributed by atoms with Crippen molar-refractivity contribution in [1.29, 1.82) is 0 Å². The number of nitrogens with one attached hydrogen (secondary N) is 2. The van der Waals surface area contributed by atoms with Gasteiger partial charge in [-0.1, -0.05) is 12.1 Å². The van der Waals surface area contributed by atoms with Gasteiger partial charge in [-0.3, -0.25) is 14.9 Å². The lowest BCUT2D eigenvalue weighted by molar-refractivity contribution is -0.189. The molecule has 3 heterocycles. The van der Waals surface area contributed by atoms with Gasteiger partial charge in [-0.2, -0.15) is 13.2 Å². The van der Waals surface area contributed by atoms with E-state index in [9.17, 15) is 37.5 Å². The number of aromatic nitrogens is 1. The molecule has 2 amide bonds. The van der Waals surface area contributed by atoms with Gasteiger partial charge in [-0.05, 0) is 83.4 Å². The standard InChI is InChI=1S/C33H30F3N5O7/c1-17-9-21-10-18(2)25(17)6-8-47-32(46)40-23-11-19(12-24(14-23)48-31(45)33(34,35)36)15-41(16-27(42)43)30(44)28(21)39-22-3-4-26-20(13-22)5-7-38-29(26)37/h3-5,7,9-14,28,39H,6,8,15-16H2,1-2H3,(H2,37,38)(H,40,46)(H,42,43). The number of aryl methyl sites for hydroxylation is 2. The molecule has 4 aromatic rings. The molecule has 6 rings (SSSR count). The Morgan fingerprint density at radius 2 is 1.83 bits per heavy atom. The van der Waals surface area contributed by atoms with Crippen molar-refractivity contribution in [2.75, 3.05) is 29.5 Å². The van der Waals surface area contributed by atoms with E-state index in [1.807, 2.05) is 13.8 Å². The summed E-state index contributed by atoms with van der Waals surface area (Å²) >= 11 is 0. The highest BCUT2D eigenvalue weighted by Gasteiger charge is 2.41. The molecule has 1 unspecified atom stereocenters. The molecule has 0 fully saturated rings. The van der Waals surface area contributed by atoms with Crippen LogP contribution in [0.2, 0.25) is 0 Å². The Morgan fingerprint density at radius 3 is 2.52 bits per heavy atom. The zero-order valence-electron chi connectivity index (χ0n) is 25.7. The zero-order valence-corrected chi connectivity index (χ0v) is 25.7. The van der Waals surface area contributed by atoms with Crippen LogP contribution in [0.15, 0.2) is 60.8 Å². The number of benzene rings is 3. The van der Waals surface area contributed by atoms with Gasteiger partial charge < -0.3 is 30.5 Å². The van der Waals surface area contributed by atoms with Gasteiger partial charge in [0.2, 0.25) is 0 Å². The van der Waals surface area contributed by atoms with Gasteiger partial charge in [0.1, 0.15) is 24.2 Å². The summed E-state index contributed by atoms with van der Waals surface area (Å²) in [6.45, 7) is 2.37. The fraction of sp³-hybridized carbons (Fsp3) is 0.242. The molecule has 2 aliphatic heterocycles. The minimum atomic E-state index is -5.32. The Morgan fingerprint density at radius 1 is 1.10 bits per heavy atom. The van der Waals surface area contributed by atoms with E-state index in [2.05, 4.69) is 20.4 Å². The van der Waals surface area contributed by atoms with Crippen LogP contribution in [0.25, 0.3) is 10.8 Å². The van der Waals surface area contributed by atoms with Crippen LogP contribution in [0.4, 0.5) is 35.2 Å². The van der Waals surface area contributed by atoms with Crippen LogP contribution in [0.5, 0.6) is 5.75 Å². The summed E-state index contributed by atoms with van der Waals surface area (Å²) in [7, 11) is 0. The number of pyridine rings is 1. The number of nitrogen functional groups attached to an aromatic ring is 1. The topological polar surface area (TPSA) is 173 Å². The van der Waals surface area contributed by atoms with Crippen LogP contribution in [-0.2, 0) is 32.1 Å². The smallest absolute Gasteiger partial charge is 0.480 e. The van der Waals surface area contributed by atoms with E-state index in [0.29, 0.717) is 28.9 Å². The number of alkyl halides is 3. The molecule has 2 aliphatic rings. The lowest BCUT2D eigenvalue weighted by atomic mass is 9.93. The second kappa shape index (κ2) is 13.5. The molecule has 48 heavy (non-hydrogen) atoms. The molecule has 250 valence electrons. The Balaban J connectivity index is 1.62. The van der Waals surface area contributed by atoms with Crippen LogP contribution in [0.1, 0.15) is 33.9 Å². The molecule has 4 bridgehead atoms. The van der Waals surface area contributed by atoms with Crippen molar-refractivity contribution in [2.45, 2.75) is 39.0 Å². The van der Waals surface area contributed by atoms with E-state index in [0.717, 1.165) is 39.1 Å². The van der Waals surface area contributed by atoms with Gasteiger partial charge >= 0.3 is 24.2 Å². The predicted molar refractivity (Wildman–Crippen MR) is 168 cm³/mol. The maximum Gasteiger partial charge on any atom is 0.491 e. The number of carbonyl (C=O) groups is 4. The third-order valence-corrected chi connectivity index (χ3v) is 7.66. The number of aliphatic carboxylic acids is 1. The third kappa shape index (κ3) is 7.74. The maximum atomic E-state index is 14.4. The van der Waals surface area contributed by atoms with Crippen molar-refractivity contribution < 1.29 is 46.9 Å². The van der Waals surface area contributed by atoms with Crippen LogP contribution in [0.3, 0.4) is 0 Å². The number of nitrogens with zero attached hydrogens (tertiary/aromatic N) is 2. The van der Waals surface area contributed by atoms with Crippen molar-refractivity contribution in [3.8, 4) is 5.75 Å². The summed E-state index contributed by atoms with van der Waals surface area (Å²) in [5.74, 6) is -4.85. The number of amides is 2. The molecule has 5 N–H and O–H groups in total. The monoisotopic (exact) mass is 665 g/mol. The quantitative estimate of drug-likeness (QED) is 0.162. The van der Waals surface area contributed by atoms with E-state index in [4.69, 9.17) is 10.5 Å². The molecular weight excluding hydrogens is 635 g/mol. The molecule has 1 atom stereocenters. The number of nitrogens with two attached hydrogens (primary N) is 1. The maximum absolute atomic E-state index is 14.4. The summed E-state index contributed by atoms with van der Waals surface area (Å²) in [4.78, 5) is 55.7. The molecule has 0 spiro atoms. The number of carbonyl (C=O) groups excluding carboxylic acids is 3. The first kappa shape index (κ1) is 33.5. The number of anilines is 3. The highest BCUT2D eigenvalue weighted by atomic mass is 19.4. The van der Waals surface area contributed by atoms with Gasteiger partial charge in [0, 0.05) is 42.0 Å². The van der Waals surface area contributed by atoms with Crippen molar-refractivity contribution >= 4 is 51.9 Å². The lowest BCUT2D eigenvalue weighted by Crippen LogP contribution is -2.40. The second-order valence-corrected chi connectivity index (χ2v) is 11.2. The molecule has 0 saturated carbocycles. The van der Waals surface area contributed by atoms with Crippen LogP contribution >= 0.6 is 0 Å². The van der Waals surface area contributed by atoms with Crippen LogP contribution in [-0.4, -0.2) is 58.3 Å². The fourth-order valence-electron chi connectivity index (χ4n) is 5.56. The molecule has 1 aromatic heterocycles. The normalized spacial score (nSPS) is 15.5. The highest BCUT2D eigenvalue weighted by molar-refractivity contribution is 5.94. The largest absolute Gasteiger partial charge is 0.491 e. The summed E-state index contributed by atoms with van der Waals surface area (Å²) in [6, 6.07) is 12.7. The number of fused-ring (bicyclic) bond motifs is 10. The minimum Gasteiger partial charge on any atom is -0.480 e. The predicted octanol–water partition coefficient (Wildman–Crippen LogP) is 5.27. The second-order valence-electron chi connectivity index (χ2n) is 11.2. The van der Waals surface area contributed by atoms with E-state index >= 15 is 0 Å². The number of hydrogen-bond acceptors (Lipinski definition) is 9. The van der Waals surface area contributed by atoms with Gasteiger partial charge in [-0.25, -0.2) is 14.6 Å². The van der Waals surface area contributed by atoms with E-state index < -0.39 is 55.0 Å². The number of rotatable bonds is 5. The third-order valence-electron chi connectivity index (χ3n) is 7.66. The molecule has 3 aromatic carbocycles. The number of ether oxygens (including phenoxy) is 2. The Kier molecular flexibility index (Phi) is 9.40. The number of carboxylic acid groups (broad SMARTS) is 1. The van der Waals surface area contributed by atoms with E-state index in [-0.39, 0.29) is 17.9 Å². The fourth-order valence-corrected chi connectivity index (χ4v) is 5.56. The first-order chi connectivity index (χ1) is 22.7.